The summed E-state index contributed by atoms with van der Waals surface area (Å²) in [5.41, 5.74) is 0.693. The molecular weight excluding hydrogens is 279 g/mol. The third-order valence-corrected chi connectivity index (χ3v) is 3.95. The van der Waals surface area contributed by atoms with Crippen LogP contribution in [-0.4, -0.2) is 9.97 Å². The lowest BCUT2D eigenvalue weighted by atomic mass is 9.85. The molecule has 0 aliphatic heterocycles. The van der Waals surface area contributed by atoms with Crippen LogP contribution in [0.25, 0.3) is 10.9 Å². The highest BCUT2D eigenvalue weighted by atomic mass is 35.5. The summed E-state index contributed by atoms with van der Waals surface area (Å²) in [6, 6.07) is 3.43. The van der Waals surface area contributed by atoms with E-state index < -0.39 is 0 Å². The Hall–Kier alpha value is -0.570. The van der Waals surface area contributed by atoms with Crippen LogP contribution in [-0.2, 0) is 0 Å². The zero-order chi connectivity index (χ0) is 12.0. The fourth-order valence-electron chi connectivity index (χ4n) is 1.99. The number of fused-ring (bicyclic) bond motifs is 1. The lowest BCUT2D eigenvalue weighted by molar-refractivity contribution is 0.402. The molecule has 0 unspecified atom stereocenters. The molecule has 1 aromatic carbocycles. The first kappa shape index (κ1) is 11.5. The number of aromatic nitrogens is 2. The van der Waals surface area contributed by atoms with E-state index in [1.807, 2.05) is 0 Å². The van der Waals surface area contributed by atoms with Gasteiger partial charge in [-0.1, -0.05) is 41.2 Å². The van der Waals surface area contributed by atoms with Crippen LogP contribution in [0.1, 0.15) is 31.0 Å². The monoisotopic (exact) mass is 286 g/mol. The summed E-state index contributed by atoms with van der Waals surface area (Å²) in [4.78, 5) is 8.86. The van der Waals surface area contributed by atoms with Gasteiger partial charge in [0.25, 0.3) is 0 Å². The summed E-state index contributed by atoms with van der Waals surface area (Å²) in [5, 5.41) is 2.22. The standard InChI is InChI=1S/C12H9Cl3N2/c13-7-4-8-10(9(14)5-7)16-12(17-11(8)15)6-2-1-3-6/h4-6H,1-3H2. The van der Waals surface area contributed by atoms with Gasteiger partial charge >= 0.3 is 0 Å². The highest BCUT2D eigenvalue weighted by Gasteiger charge is 2.23. The van der Waals surface area contributed by atoms with Crippen LogP contribution < -0.4 is 0 Å². The van der Waals surface area contributed by atoms with E-state index in [1.165, 1.54) is 6.42 Å². The second-order valence-electron chi connectivity index (χ2n) is 4.28. The Morgan fingerprint density at radius 3 is 2.47 bits per heavy atom. The predicted octanol–water partition coefficient (Wildman–Crippen LogP) is 4.86. The molecule has 0 spiro atoms. The van der Waals surface area contributed by atoms with Gasteiger partial charge in [-0.05, 0) is 25.0 Å². The van der Waals surface area contributed by atoms with Gasteiger partial charge in [0.15, 0.2) is 0 Å². The Bertz CT molecular complexity index is 594. The topological polar surface area (TPSA) is 25.8 Å². The molecular formula is C12H9Cl3N2. The molecule has 0 radical (unpaired) electrons. The van der Waals surface area contributed by atoms with Crippen molar-refractivity contribution in [3.63, 3.8) is 0 Å². The van der Waals surface area contributed by atoms with E-state index in [9.17, 15) is 0 Å². The van der Waals surface area contributed by atoms with Gasteiger partial charge in [-0.2, -0.15) is 0 Å². The van der Waals surface area contributed by atoms with Crippen molar-refractivity contribution < 1.29 is 0 Å². The van der Waals surface area contributed by atoms with E-state index in [4.69, 9.17) is 34.8 Å². The number of hydrogen-bond acceptors (Lipinski definition) is 2. The molecule has 0 amide bonds. The van der Waals surface area contributed by atoms with Crippen molar-refractivity contribution in [3.05, 3.63) is 33.2 Å². The zero-order valence-electron chi connectivity index (χ0n) is 8.88. The highest BCUT2D eigenvalue weighted by Crippen LogP contribution is 2.37. The van der Waals surface area contributed by atoms with Crippen LogP contribution in [0.3, 0.4) is 0 Å². The molecule has 0 N–H and O–H groups in total. The van der Waals surface area contributed by atoms with Gasteiger partial charge in [-0.15, -0.1) is 0 Å². The quantitative estimate of drug-likeness (QED) is 0.700. The average molecular weight is 288 g/mol. The smallest absolute Gasteiger partial charge is 0.140 e. The summed E-state index contributed by atoms with van der Waals surface area (Å²) in [6.45, 7) is 0. The summed E-state index contributed by atoms with van der Waals surface area (Å²) in [7, 11) is 0. The van der Waals surface area contributed by atoms with E-state index in [2.05, 4.69) is 9.97 Å². The van der Waals surface area contributed by atoms with Crippen LogP contribution in [0, 0.1) is 0 Å². The third kappa shape index (κ3) is 1.99. The molecule has 0 atom stereocenters. The maximum atomic E-state index is 6.16. The molecule has 1 aliphatic carbocycles. The Morgan fingerprint density at radius 2 is 1.82 bits per heavy atom. The Morgan fingerprint density at radius 1 is 1.06 bits per heavy atom. The largest absolute Gasteiger partial charge is 0.231 e. The zero-order valence-corrected chi connectivity index (χ0v) is 11.1. The van der Waals surface area contributed by atoms with Crippen molar-refractivity contribution in [1.29, 1.82) is 0 Å². The molecule has 1 aliphatic rings. The molecule has 2 nitrogen and oxygen atoms in total. The lowest BCUT2D eigenvalue weighted by Gasteiger charge is -2.24. The third-order valence-electron chi connectivity index (χ3n) is 3.16. The van der Waals surface area contributed by atoms with E-state index >= 15 is 0 Å². The summed E-state index contributed by atoms with van der Waals surface area (Å²) in [6.07, 6.45) is 3.50. The number of benzene rings is 1. The van der Waals surface area contributed by atoms with Gasteiger partial charge in [0.2, 0.25) is 0 Å². The molecule has 1 fully saturated rings. The Labute approximate surface area is 114 Å². The second kappa shape index (κ2) is 4.27. The SMILES string of the molecule is Clc1cc(Cl)c2nc(C3CCC3)nc(Cl)c2c1. The maximum absolute atomic E-state index is 6.16. The highest BCUT2D eigenvalue weighted by molar-refractivity contribution is 6.40. The van der Waals surface area contributed by atoms with Crippen molar-refractivity contribution in [2.24, 2.45) is 0 Å². The van der Waals surface area contributed by atoms with Gasteiger partial charge < -0.3 is 0 Å². The minimum absolute atomic E-state index is 0.432. The molecule has 0 bridgehead atoms. The summed E-state index contributed by atoms with van der Waals surface area (Å²) < 4.78 is 0. The van der Waals surface area contributed by atoms with Crippen molar-refractivity contribution in [1.82, 2.24) is 9.97 Å². The van der Waals surface area contributed by atoms with Crippen molar-refractivity contribution in [3.8, 4) is 0 Å². The minimum atomic E-state index is 0.432. The lowest BCUT2D eigenvalue weighted by Crippen LogP contribution is -2.12. The average Bonchev–Trinajstić information content (AvgIpc) is 2.17. The van der Waals surface area contributed by atoms with Crippen LogP contribution in [0.4, 0.5) is 0 Å². The predicted molar refractivity (Wildman–Crippen MR) is 71.2 cm³/mol. The van der Waals surface area contributed by atoms with Gasteiger partial charge in [0.05, 0.1) is 10.5 Å². The molecule has 1 aromatic heterocycles. The van der Waals surface area contributed by atoms with Gasteiger partial charge in [-0.25, -0.2) is 9.97 Å². The molecule has 17 heavy (non-hydrogen) atoms. The summed E-state index contributed by atoms with van der Waals surface area (Å²) >= 11 is 18.2. The van der Waals surface area contributed by atoms with Crippen LogP contribution in [0.5, 0.6) is 0 Å². The molecule has 3 rings (SSSR count). The fraction of sp³-hybridized carbons (Fsp3) is 0.333. The first-order chi connectivity index (χ1) is 8.15. The first-order valence-corrected chi connectivity index (χ1v) is 6.61. The minimum Gasteiger partial charge on any atom is -0.231 e. The van der Waals surface area contributed by atoms with Crippen LogP contribution in [0.15, 0.2) is 12.1 Å². The number of halogens is 3. The van der Waals surface area contributed by atoms with E-state index in [0.717, 1.165) is 18.7 Å². The molecule has 1 saturated carbocycles. The maximum Gasteiger partial charge on any atom is 0.140 e. The molecule has 0 saturated heterocycles. The molecule has 1 heterocycles. The van der Waals surface area contributed by atoms with Crippen LogP contribution >= 0.6 is 34.8 Å². The normalized spacial score (nSPS) is 16.2. The van der Waals surface area contributed by atoms with Crippen molar-refractivity contribution in [2.45, 2.75) is 25.2 Å². The molecule has 88 valence electrons. The first-order valence-electron chi connectivity index (χ1n) is 5.47. The van der Waals surface area contributed by atoms with Gasteiger partial charge in [-0.3, -0.25) is 0 Å². The van der Waals surface area contributed by atoms with E-state index in [1.54, 1.807) is 12.1 Å². The Balaban J connectivity index is 2.24. The molecule has 5 heteroatoms. The number of rotatable bonds is 1. The number of nitrogens with zero attached hydrogens (tertiary/aromatic N) is 2. The second-order valence-corrected chi connectivity index (χ2v) is 5.49. The molecule has 2 aromatic rings. The van der Waals surface area contributed by atoms with Gasteiger partial charge in [0.1, 0.15) is 11.0 Å². The van der Waals surface area contributed by atoms with Gasteiger partial charge in [0, 0.05) is 16.3 Å². The number of hydrogen-bond donors (Lipinski definition) is 0. The van der Waals surface area contributed by atoms with E-state index in [-0.39, 0.29) is 0 Å². The Kier molecular flexibility index (Phi) is 2.89. The fourth-order valence-corrected chi connectivity index (χ4v) is 2.75. The summed E-state index contributed by atoms with van der Waals surface area (Å²) in [5.74, 6) is 1.24. The van der Waals surface area contributed by atoms with Crippen molar-refractivity contribution >= 4 is 45.7 Å². The van der Waals surface area contributed by atoms with Crippen molar-refractivity contribution in [2.75, 3.05) is 0 Å². The van der Waals surface area contributed by atoms with E-state index in [0.29, 0.717) is 32.0 Å². The van der Waals surface area contributed by atoms with Crippen LogP contribution in [0.2, 0.25) is 15.2 Å².